The summed E-state index contributed by atoms with van der Waals surface area (Å²) in [7, 11) is 0. The van der Waals surface area contributed by atoms with Gasteiger partial charge in [0.2, 0.25) is 0 Å². The quantitative estimate of drug-likeness (QED) is 0.878. The Kier molecular flexibility index (Phi) is 3.35. The largest absolute Gasteiger partial charge is 0.322 e. The molecule has 0 aliphatic heterocycles. The molecule has 1 aliphatic rings. The van der Waals surface area contributed by atoms with Crippen LogP contribution >= 0.6 is 0 Å². The van der Waals surface area contributed by atoms with E-state index in [0.717, 1.165) is 23.5 Å². The summed E-state index contributed by atoms with van der Waals surface area (Å²) >= 11 is 0. The van der Waals surface area contributed by atoms with Crippen LogP contribution in [0.2, 0.25) is 0 Å². The summed E-state index contributed by atoms with van der Waals surface area (Å²) in [5.74, 6) is 0.363. The molecule has 0 spiro atoms. The molecule has 4 heteroatoms. The number of nitrogens with one attached hydrogen (secondary N) is 2. The lowest BCUT2D eigenvalue weighted by molar-refractivity contribution is 0.102. The molecule has 0 unspecified atom stereocenters. The summed E-state index contributed by atoms with van der Waals surface area (Å²) in [5.41, 5.74) is 5.89. The summed E-state index contributed by atoms with van der Waals surface area (Å²) in [4.78, 5) is 12.6. The lowest BCUT2D eigenvalue weighted by Gasteiger charge is -2.19. The Morgan fingerprint density at radius 1 is 1.36 bits per heavy atom. The van der Waals surface area contributed by atoms with Crippen molar-refractivity contribution in [1.82, 2.24) is 10.2 Å². The maximum Gasteiger partial charge on any atom is 0.259 e. The Bertz CT molecular complexity index is 723. The minimum atomic E-state index is -0.0888. The van der Waals surface area contributed by atoms with Gasteiger partial charge < -0.3 is 5.32 Å². The molecule has 22 heavy (non-hydrogen) atoms. The molecule has 4 nitrogen and oxygen atoms in total. The van der Waals surface area contributed by atoms with Crippen LogP contribution in [-0.2, 0) is 5.41 Å². The molecule has 0 saturated carbocycles. The summed E-state index contributed by atoms with van der Waals surface area (Å²) in [5, 5.41) is 10.1. The maximum absolute atomic E-state index is 12.6. The maximum atomic E-state index is 12.6. The first-order chi connectivity index (χ1) is 10.3. The smallest absolute Gasteiger partial charge is 0.259 e. The number of nitrogens with zero attached hydrogens (tertiary/aromatic N) is 1. The van der Waals surface area contributed by atoms with E-state index in [1.807, 2.05) is 26.0 Å². The number of fused-ring (bicyclic) bond motifs is 1. The molecule has 1 heterocycles. The molecule has 0 saturated heterocycles. The van der Waals surface area contributed by atoms with Crippen LogP contribution in [0, 0.1) is 13.8 Å². The van der Waals surface area contributed by atoms with Crippen LogP contribution in [0.3, 0.4) is 0 Å². The third-order valence-corrected chi connectivity index (χ3v) is 4.75. The molecule has 2 aromatic rings. The van der Waals surface area contributed by atoms with Gasteiger partial charge in [-0.15, -0.1) is 0 Å². The summed E-state index contributed by atoms with van der Waals surface area (Å²) in [6.45, 7) is 10.5. The fourth-order valence-corrected chi connectivity index (χ4v) is 3.84. The van der Waals surface area contributed by atoms with E-state index in [1.165, 1.54) is 11.1 Å². The normalized spacial score (nSPS) is 19.0. The van der Waals surface area contributed by atoms with E-state index in [-0.39, 0.29) is 11.3 Å². The number of carbonyl (C=O) groups excluding carboxylic acids is 1. The lowest BCUT2D eigenvalue weighted by atomic mass is 9.86. The van der Waals surface area contributed by atoms with Gasteiger partial charge in [-0.05, 0) is 48.8 Å². The zero-order chi connectivity index (χ0) is 16.1. The minimum Gasteiger partial charge on any atom is -0.322 e. The third-order valence-electron chi connectivity index (χ3n) is 4.75. The zero-order valence-electron chi connectivity index (χ0n) is 13.9. The first-order valence-corrected chi connectivity index (χ1v) is 7.77. The number of H-pyrrole nitrogens is 1. The van der Waals surface area contributed by atoms with Gasteiger partial charge in [-0.3, -0.25) is 9.89 Å². The minimum absolute atomic E-state index is 0.0888. The zero-order valence-corrected chi connectivity index (χ0v) is 13.9. The van der Waals surface area contributed by atoms with Crippen molar-refractivity contribution in [2.75, 3.05) is 5.32 Å². The van der Waals surface area contributed by atoms with Crippen molar-refractivity contribution in [2.24, 2.45) is 0 Å². The average Bonchev–Trinajstić information content (AvgIpc) is 2.88. The van der Waals surface area contributed by atoms with E-state index in [2.05, 4.69) is 42.4 Å². The number of hydrogen-bond donors (Lipinski definition) is 2. The topological polar surface area (TPSA) is 57.8 Å². The second-order valence-electron chi connectivity index (χ2n) is 7.02. The van der Waals surface area contributed by atoms with Gasteiger partial charge in [0.1, 0.15) is 0 Å². The summed E-state index contributed by atoms with van der Waals surface area (Å²) < 4.78 is 0. The first-order valence-electron chi connectivity index (χ1n) is 7.77. The van der Waals surface area contributed by atoms with E-state index < -0.39 is 0 Å². The number of hydrogen-bond acceptors (Lipinski definition) is 2. The van der Waals surface area contributed by atoms with Crippen LogP contribution in [0.25, 0.3) is 0 Å². The second-order valence-corrected chi connectivity index (χ2v) is 7.02. The van der Waals surface area contributed by atoms with Crippen LogP contribution in [0.1, 0.15) is 66.0 Å². The molecule has 1 aromatic heterocycles. The Labute approximate surface area is 131 Å². The highest BCUT2D eigenvalue weighted by Crippen LogP contribution is 2.48. The molecule has 0 radical (unpaired) electrons. The van der Waals surface area contributed by atoms with Crippen molar-refractivity contribution in [1.29, 1.82) is 0 Å². The van der Waals surface area contributed by atoms with Gasteiger partial charge in [-0.25, -0.2) is 0 Å². The molecule has 3 rings (SSSR count). The van der Waals surface area contributed by atoms with Gasteiger partial charge in [0.05, 0.1) is 11.3 Å². The molecule has 0 bridgehead atoms. The fraction of sp³-hybridized carbons (Fsp3) is 0.444. The number of carbonyl (C=O) groups is 1. The average molecular weight is 297 g/mol. The van der Waals surface area contributed by atoms with Crippen molar-refractivity contribution in [3.63, 3.8) is 0 Å². The Morgan fingerprint density at radius 2 is 2.09 bits per heavy atom. The molecule has 1 aromatic carbocycles. The van der Waals surface area contributed by atoms with E-state index in [0.29, 0.717) is 11.5 Å². The van der Waals surface area contributed by atoms with Crippen molar-refractivity contribution >= 4 is 11.6 Å². The van der Waals surface area contributed by atoms with Gasteiger partial charge >= 0.3 is 0 Å². The number of amides is 1. The predicted molar refractivity (Wildman–Crippen MR) is 88.5 cm³/mol. The van der Waals surface area contributed by atoms with Crippen LogP contribution in [0.15, 0.2) is 18.2 Å². The molecule has 1 atom stereocenters. The van der Waals surface area contributed by atoms with Gasteiger partial charge in [-0.1, -0.05) is 32.9 Å². The molecule has 1 amide bonds. The lowest BCUT2D eigenvalue weighted by Crippen LogP contribution is -2.16. The van der Waals surface area contributed by atoms with Crippen molar-refractivity contribution in [2.45, 2.75) is 52.4 Å². The van der Waals surface area contributed by atoms with Crippen LogP contribution < -0.4 is 5.32 Å². The van der Waals surface area contributed by atoms with E-state index in [1.54, 1.807) is 0 Å². The number of aromatic amines is 1. The molecule has 116 valence electrons. The van der Waals surface area contributed by atoms with E-state index in [4.69, 9.17) is 0 Å². The highest BCUT2D eigenvalue weighted by Gasteiger charge is 2.36. The molecule has 2 N–H and O–H groups in total. The molecular weight excluding hydrogens is 274 g/mol. The standard InChI is InChI=1S/C18H23N3O/c1-10-9-18(4,5)13-7-6-8-14(15(10)13)19-17(22)16-11(2)20-21-12(16)3/h6-8,10H,9H2,1-5H3,(H,19,22)(H,20,21)/t10-/m0/s1. The Hall–Kier alpha value is -2.10. The fourth-order valence-electron chi connectivity index (χ4n) is 3.84. The van der Waals surface area contributed by atoms with Crippen LogP contribution in [0.5, 0.6) is 0 Å². The second kappa shape index (κ2) is 4.97. The van der Waals surface area contributed by atoms with Gasteiger partial charge in [0.25, 0.3) is 5.91 Å². The monoisotopic (exact) mass is 297 g/mol. The highest BCUT2D eigenvalue weighted by molar-refractivity contribution is 6.06. The predicted octanol–water partition coefficient (Wildman–Crippen LogP) is 4.06. The van der Waals surface area contributed by atoms with E-state index in [9.17, 15) is 4.79 Å². The van der Waals surface area contributed by atoms with Crippen molar-refractivity contribution in [3.05, 3.63) is 46.3 Å². The summed E-state index contributed by atoms with van der Waals surface area (Å²) in [6.07, 6.45) is 1.11. The highest BCUT2D eigenvalue weighted by atomic mass is 16.1. The number of benzene rings is 1. The van der Waals surface area contributed by atoms with E-state index >= 15 is 0 Å². The number of aromatic nitrogens is 2. The van der Waals surface area contributed by atoms with Crippen molar-refractivity contribution in [3.8, 4) is 0 Å². The number of rotatable bonds is 2. The molecule has 1 aliphatic carbocycles. The van der Waals surface area contributed by atoms with Gasteiger partial charge in [0, 0.05) is 11.4 Å². The van der Waals surface area contributed by atoms with Crippen molar-refractivity contribution < 1.29 is 4.79 Å². The summed E-state index contributed by atoms with van der Waals surface area (Å²) in [6, 6.07) is 6.21. The first kappa shape index (κ1) is 14.8. The Morgan fingerprint density at radius 3 is 2.73 bits per heavy atom. The molecular formula is C18H23N3O. The number of aryl methyl sites for hydroxylation is 2. The SMILES string of the molecule is Cc1n[nH]c(C)c1C(=O)Nc1cccc2c1[C@@H](C)CC2(C)C. The third kappa shape index (κ3) is 2.23. The van der Waals surface area contributed by atoms with Crippen LogP contribution in [0.4, 0.5) is 5.69 Å². The van der Waals surface area contributed by atoms with Gasteiger partial charge in [0.15, 0.2) is 0 Å². The Balaban J connectivity index is 1.98. The number of anilines is 1. The van der Waals surface area contributed by atoms with Crippen LogP contribution in [-0.4, -0.2) is 16.1 Å². The van der Waals surface area contributed by atoms with Gasteiger partial charge in [-0.2, -0.15) is 5.10 Å². The molecule has 0 fully saturated rings.